The van der Waals surface area contributed by atoms with E-state index in [0.717, 1.165) is 5.69 Å². The van der Waals surface area contributed by atoms with Gasteiger partial charge in [0.25, 0.3) is 0 Å². The largest absolute Gasteiger partial charge is 0.385 e. The van der Waals surface area contributed by atoms with E-state index >= 15 is 0 Å². The fourth-order valence-corrected chi connectivity index (χ4v) is 2.17. The highest BCUT2D eigenvalue weighted by molar-refractivity contribution is 5.68. The summed E-state index contributed by atoms with van der Waals surface area (Å²) in [6, 6.07) is 2.11. The summed E-state index contributed by atoms with van der Waals surface area (Å²) in [4.78, 5) is 6.62. The lowest BCUT2D eigenvalue weighted by atomic mass is 10.2. The summed E-state index contributed by atoms with van der Waals surface area (Å²) in [6.07, 6.45) is 9.14. The molecule has 0 atom stereocenters. The van der Waals surface area contributed by atoms with Crippen LogP contribution < -0.4 is 10.2 Å². The minimum atomic E-state index is 1.14. The zero-order chi connectivity index (χ0) is 10.5. The number of nitrogens with one attached hydrogen (secondary N) is 1. The third-order valence-electron chi connectivity index (χ3n) is 3.01. The SMILES string of the molecule is CNc1cnccc1N1CCCCCC1. The van der Waals surface area contributed by atoms with Crippen molar-refractivity contribution < 1.29 is 0 Å². The first-order valence-electron chi connectivity index (χ1n) is 5.78. The van der Waals surface area contributed by atoms with Gasteiger partial charge in [0.1, 0.15) is 0 Å². The number of pyridine rings is 1. The molecule has 0 saturated carbocycles. The molecule has 0 unspecified atom stereocenters. The Morgan fingerprint density at radius 2 is 1.93 bits per heavy atom. The zero-order valence-corrected chi connectivity index (χ0v) is 9.37. The number of hydrogen-bond donors (Lipinski definition) is 1. The molecule has 1 aromatic rings. The van der Waals surface area contributed by atoms with Crippen molar-refractivity contribution in [3.63, 3.8) is 0 Å². The summed E-state index contributed by atoms with van der Waals surface area (Å²) in [7, 11) is 1.96. The quantitative estimate of drug-likeness (QED) is 0.804. The number of rotatable bonds is 2. The lowest BCUT2D eigenvalue weighted by Gasteiger charge is -2.24. The molecule has 0 spiro atoms. The molecule has 1 aliphatic rings. The van der Waals surface area contributed by atoms with E-state index < -0.39 is 0 Å². The first kappa shape index (κ1) is 10.3. The summed E-state index contributed by atoms with van der Waals surface area (Å²) in [5.74, 6) is 0. The summed E-state index contributed by atoms with van der Waals surface area (Å²) in [6.45, 7) is 2.36. The van der Waals surface area contributed by atoms with Gasteiger partial charge in [0.05, 0.1) is 17.6 Å². The first-order chi connectivity index (χ1) is 7.42. The van der Waals surface area contributed by atoms with Crippen LogP contribution in [0.4, 0.5) is 11.4 Å². The minimum Gasteiger partial charge on any atom is -0.385 e. The van der Waals surface area contributed by atoms with Gasteiger partial charge in [-0.3, -0.25) is 4.98 Å². The maximum atomic E-state index is 4.15. The van der Waals surface area contributed by atoms with Crippen LogP contribution >= 0.6 is 0 Å². The number of anilines is 2. The van der Waals surface area contributed by atoms with Crippen LogP contribution in [0.3, 0.4) is 0 Å². The van der Waals surface area contributed by atoms with E-state index in [4.69, 9.17) is 0 Å². The van der Waals surface area contributed by atoms with Crippen LogP contribution in [0, 0.1) is 0 Å². The fourth-order valence-electron chi connectivity index (χ4n) is 2.17. The third-order valence-corrected chi connectivity index (χ3v) is 3.01. The van der Waals surface area contributed by atoms with Gasteiger partial charge >= 0.3 is 0 Å². The molecule has 1 fully saturated rings. The van der Waals surface area contributed by atoms with Crippen LogP contribution in [0.15, 0.2) is 18.5 Å². The summed E-state index contributed by atoms with van der Waals surface area (Å²) < 4.78 is 0. The number of hydrogen-bond acceptors (Lipinski definition) is 3. The smallest absolute Gasteiger partial charge is 0.0761 e. The molecule has 3 nitrogen and oxygen atoms in total. The molecule has 2 rings (SSSR count). The Balaban J connectivity index is 2.18. The van der Waals surface area contributed by atoms with Crippen molar-refractivity contribution in [2.45, 2.75) is 25.7 Å². The van der Waals surface area contributed by atoms with E-state index in [9.17, 15) is 0 Å². The van der Waals surface area contributed by atoms with Gasteiger partial charge in [-0.25, -0.2) is 0 Å². The van der Waals surface area contributed by atoms with Crippen LogP contribution in [0.2, 0.25) is 0 Å². The van der Waals surface area contributed by atoms with Crippen molar-refractivity contribution in [1.82, 2.24) is 4.98 Å². The summed E-state index contributed by atoms with van der Waals surface area (Å²) in [5.41, 5.74) is 2.44. The number of nitrogens with zero attached hydrogens (tertiary/aromatic N) is 2. The molecule has 2 heterocycles. The van der Waals surface area contributed by atoms with Gasteiger partial charge in [-0.1, -0.05) is 12.8 Å². The van der Waals surface area contributed by atoms with Gasteiger partial charge < -0.3 is 10.2 Å². The standard InChI is InChI=1S/C12H19N3/c1-13-11-10-14-7-6-12(11)15-8-4-2-3-5-9-15/h6-7,10,13H,2-5,8-9H2,1H3. The van der Waals surface area contributed by atoms with Crippen LogP contribution in [-0.2, 0) is 0 Å². The Kier molecular flexibility index (Phi) is 3.43. The van der Waals surface area contributed by atoms with Crippen LogP contribution in [0.5, 0.6) is 0 Å². The number of aromatic nitrogens is 1. The van der Waals surface area contributed by atoms with Crippen LogP contribution in [0.1, 0.15) is 25.7 Å². The maximum absolute atomic E-state index is 4.15. The first-order valence-corrected chi connectivity index (χ1v) is 5.78. The predicted molar refractivity (Wildman–Crippen MR) is 64.5 cm³/mol. The molecule has 1 aliphatic heterocycles. The monoisotopic (exact) mass is 205 g/mol. The highest BCUT2D eigenvalue weighted by Gasteiger charge is 2.12. The molecule has 0 aliphatic carbocycles. The summed E-state index contributed by atoms with van der Waals surface area (Å²) in [5, 5.41) is 3.21. The molecular formula is C12H19N3. The van der Waals surface area contributed by atoms with Crippen molar-refractivity contribution in [3.05, 3.63) is 18.5 Å². The van der Waals surface area contributed by atoms with Crippen molar-refractivity contribution in [3.8, 4) is 0 Å². The van der Waals surface area contributed by atoms with E-state index in [0.29, 0.717) is 0 Å². The van der Waals surface area contributed by atoms with E-state index in [2.05, 4.69) is 21.3 Å². The van der Waals surface area contributed by atoms with Gasteiger partial charge in [0, 0.05) is 26.3 Å². The topological polar surface area (TPSA) is 28.2 Å². The molecule has 1 N–H and O–H groups in total. The van der Waals surface area contributed by atoms with Crippen molar-refractivity contribution in [2.75, 3.05) is 30.4 Å². The molecule has 0 radical (unpaired) electrons. The Morgan fingerprint density at radius 1 is 1.20 bits per heavy atom. The molecule has 0 aromatic carbocycles. The van der Waals surface area contributed by atoms with Gasteiger partial charge in [-0.05, 0) is 18.9 Å². The van der Waals surface area contributed by atoms with Gasteiger partial charge in [-0.2, -0.15) is 0 Å². The van der Waals surface area contributed by atoms with Crippen molar-refractivity contribution in [1.29, 1.82) is 0 Å². The second kappa shape index (κ2) is 5.01. The third kappa shape index (κ3) is 2.41. The van der Waals surface area contributed by atoms with Crippen molar-refractivity contribution >= 4 is 11.4 Å². The van der Waals surface area contributed by atoms with Gasteiger partial charge in [0.2, 0.25) is 0 Å². The lowest BCUT2D eigenvalue weighted by Crippen LogP contribution is -2.24. The Labute approximate surface area is 91.5 Å². The maximum Gasteiger partial charge on any atom is 0.0761 e. The van der Waals surface area contributed by atoms with Gasteiger partial charge in [-0.15, -0.1) is 0 Å². The second-order valence-corrected chi connectivity index (χ2v) is 4.04. The molecule has 0 bridgehead atoms. The van der Waals surface area contributed by atoms with E-state index in [-0.39, 0.29) is 0 Å². The lowest BCUT2D eigenvalue weighted by molar-refractivity contribution is 0.726. The van der Waals surface area contributed by atoms with Crippen molar-refractivity contribution in [2.24, 2.45) is 0 Å². The van der Waals surface area contributed by atoms with Gasteiger partial charge in [0.15, 0.2) is 0 Å². The highest BCUT2D eigenvalue weighted by Crippen LogP contribution is 2.26. The predicted octanol–water partition coefficient (Wildman–Crippen LogP) is 2.50. The highest BCUT2D eigenvalue weighted by atomic mass is 15.1. The second-order valence-electron chi connectivity index (χ2n) is 4.04. The van der Waals surface area contributed by atoms with E-state index in [1.165, 1.54) is 44.5 Å². The average molecular weight is 205 g/mol. The van der Waals surface area contributed by atoms with E-state index in [1.54, 1.807) is 0 Å². The normalized spacial score (nSPS) is 17.3. The zero-order valence-electron chi connectivity index (χ0n) is 9.37. The minimum absolute atomic E-state index is 1.14. The molecular weight excluding hydrogens is 186 g/mol. The molecule has 1 saturated heterocycles. The fraction of sp³-hybridized carbons (Fsp3) is 0.583. The molecule has 15 heavy (non-hydrogen) atoms. The Bertz CT molecular complexity index is 303. The van der Waals surface area contributed by atoms with E-state index in [1.807, 2.05) is 19.4 Å². The van der Waals surface area contributed by atoms with Crippen LogP contribution in [-0.4, -0.2) is 25.1 Å². The molecule has 0 amide bonds. The Morgan fingerprint density at radius 3 is 2.60 bits per heavy atom. The summed E-state index contributed by atoms with van der Waals surface area (Å²) >= 11 is 0. The molecule has 1 aromatic heterocycles. The Hall–Kier alpha value is -1.25. The molecule has 3 heteroatoms. The molecule has 82 valence electrons. The average Bonchev–Trinajstić information content (AvgIpc) is 2.57. The van der Waals surface area contributed by atoms with Crippen LogP contribution in [0.25, 0.3) is 0 Å².